The van der Waals surface area contributed by atoms with Crippen LogP contribution in [0, 0.1) is 5.82 Å². The van der Waals surface area contributed by atoms with Crippen molar-refractivity contribution in [2.45, 2.75) is 50.3 Å². The molecule has 0 bridgehead atoms. The molecular formula is C24H20F7N3O2. The van der Waals surface area contributed by atoms with E-state index in [1.807, 2.05) is 0 Å². The highest BCUT2D eigenvalue weighted by atomic mass is 19.4. The molecule has 2 N–H and O–H groups in total. The molecule has 3 aromatic rings. The second-order valence-electron chi connectivity index (χ2n) is 8.44. The zero-order valence-electron chi connectivity index (χ0n) is 18.5. The van der Waals surface area contributed by atoms with E-state index in [0.717, 1.165) is 12.1 Å². The summed E-state index contributed by atoms with van der Waals surface area (Å²) in [6.07, 6.45) is -7.57. The lowest BCUT2D eigenvalue weighted by molar-refractivity contribution is -0.275. The maximum absolute atomic E-state index is 13.7. The Labute approximate surface area is 200 Å². The largest absolute Gasteiger partial charge is 0.573 e. The molecule has 2 atom stereocenters. The molecule has 36 heavy (non-hydrogen) atoms. The van der Waals surface area contributed by atoms with Gasteiger partial charge in [-0.25, -0.2) is 9.37 Å². The molecule has 0 spiro atoms. The van der Waals surface area contributed by atoms with Crippen LogP contribution in [-0.4, -0.2) is 29.3 Å². The van der Waals surface area contributed by atoms with Crippen molar-refractivity contribution in [1.29, 1.82) is 0 Å². The van der Waals surface area contributed by atoms with Gasteiger partial charge in [0.2, 0.25) is 0 Å². The second-order valence-corrected chi connectivity index (χ2v) is 8.44. The minimum absolute atomic E-state index is 0.184. The van der Waals surface area contributed by atoms with Gasteiger partial charge in [-0.05, 0) is 56.0 Å². The Morgan fingerprint density at radius 3 is 2.42 bits per heavy atom. The van der Waals surface area contributed by atoms with Crippen LogP contribution in [0.15, 0.2) is 48.5 Å². The number of amides is 1. The molecule has 192 valence electrons. The molecule has 1 aliphatic rings. The molecule has 1 aliphatic carbocycles. The number of ether oxygens (including phenoxy) is 1. The highest BCUT2D eigenvalue weighted by Gasteiger charge is 2.34. The second kappa shape index (κ2) is 9.82. The van der Waals surface area contributed by atoms with Gasteiger partial charge in [0.25, 0.3) is 5.91 Å². The fraction of sp³-hybridized carbons (Fsp3) is 0.333. The first kappa shape index (κ1) is 25.5. The highest BCUT2D eigenvalue weighted by molar-refractivity contribution is 5.95. The van der Waals surface area contributed by atoms with Gasteiger partial charge < -0.3 is 15.4 Å². The Bertz CT molecular complexity index is 1260. The highest BCUT2D eigenvalue weighted by Crippen LogP contribution is 2.34. The van der Waals surface area contributed by atoms with E-state index in [0.29, 0.717) is 43.2 Å². The molecule has 2 aromatic carbocycles. The predicted octanol–water partition coefficient (Wildman–Crippen LogP) is 6.44. The number of alkyl halides is 6. The molecule has 1 saturated carbocycles. The summed E-state index contributed by atoms with van der Waals surface area (Å²) in [4.78, 5) is 16.3. The van der Waals surface area contributed by atoms with Crippen LogP contribution in [0.5, 0.6) is 5.75 Å². The minimum Gasteiger partial charge on any atom is -0.403 e. The maximum atomic E-state index is 13.7. The average molecular weight is 515 g/mol. The number of carbonyl (C=O) groups excluding carboxylic acids is 1. The fourth-order valence-corrected chi connectivity index (χ4v) is 4.23. The Morgan fingerprint density at radius 2 is 1.69 bits per heavy atom. The van der Waals surface area contributed by atoms with Gasteiger partial charge in [-0.2, -0.15) is 13.2 Å². The van der Waals surface area contributed by atoms with Gasteiger partial charge in [0, 0.05) is 28.7 Å². The Hall–Kier alpha value is -3.57. The van der Waals surface area contributed by atoms with Crippen molar-refractivity contribution in [2.75, 3.05) is 5.32 Å². The summed E-state index contributed by atoms with van der Waals surface area (Å²) in [5, 5.41) is 6.35. The van der Waals surface area contributed by atoms with Gasteiger partial charge in [-0.3, -0.25) is 4.79 Å². The summed E-state index contributed by atoms with van der Waals surface area (Å²) in [5.74, 6) is -3.11. The van der Waals surface area contributed by atoms with E-state index in [4.69, 9.17) is 0 Å². The number of pyridine rings is 1. The van der Waals surface area contributed by atoms with Crippen molar-refractivity contribution < 1.29 is 40.3 Å². The van der Waals surface area contributed by atoms with Gasteiger partial charge in [0.05, 0.1) is 5.52 Å². The van der Waals surface area contributed by atoms with Crippen molar-refractivity contribution in [3.05, 3.63) is 65.6 Å². The number of benzene rings is 2. The molecule has 4 rings (SSSR count). The fourth-order valence-electron chi connectivity index (χ4n) is 4.23. The topological polar surface area (TPSA) is 63.2 Å². The van der Waals surface area contributed by atoms with E-state index in [1.54, 1.807) is 18.2 Å². The number of fused-ring (bicyclic) bond motifs is 1. The van der Waals surface area contributed by atoms with Crippen molar-refractivity contribution in [1.82, 2.24) is 10.3 Å². The van der Waals surface area contributed by atoms with Gasteiger partial charge in [-0.1, -0.05) is 18.2 Å². The number of hydrogen-bond donors (Lipinski definition) is 2. The number of anilines is 1. The first-order chi connectivity index (χ1) is 16.9. The Morgan fingerprint density at radius 1 is 0.972 bits per heavy atom. The van der Waals surface area contributed by atoms with Gasteiger partial charge in [-0.15, -0.1) is 13.2 Å². The van der Waals surface area contributed by atoms with Crippen molar-refractivity contribution in [3.8, 4) is 5.75 Å². The van der Waals surface area contributed by atoms with E-state index >= 15 is 0 Å². The summed E-state index contributed by atoms with van der Waals surface area (Å²) >= 11 is 0. The first-order valence-electron chi connectivity index (χ1n) is 11.0. The first-order valence-corrected chi connectivity index (χ1v) is 11.0. The van der Waals surface area contributed by atoms with Crippen LogP contribution in [0.1, 0.15) is 41.7 Å². The normalized spacial score (nSPS) is 18.6. The summed E-state index contributed by atoms with van der Waals surface area (Å²) < 4.78 is 94.7. The van der Waals surface area contributed by atoms with Gasteiger partial charge in [0.15, 0.2) is 11.6 Å². The van der Waals surface area contributed by atoms with Crippen LogP contribution >= 0.6 is 0 Å². The van der Waals surface area contributed by atoms with E-state index in [9.17, 15) is 35.5 Å². The SMILES string of the molecule is O=C(N[C@@H]1CCC[C@H](Nc2cc(C(F)(F)F)nc3ccccc23)C1)c1ccc(F)c(OC(F)(F)F)c1. The Kier molecular flexibility index (Phi) is 6.96. The molecule has 1 fully saturated rings. The van der Waals surface area contributed by atoms with Crippen LogP contribution in [0.3, 0.4) is 0 Å². The lowest BCUT2D eigenvalue weighted by Gasteiger charge is -2.31. The van der Waals surface area contributed by atoms with E-state index < -0.39 is 41.7 Å². The lowest BCUT2D eigenvalue weighted by Crippen LogP contribution is -2.41. The Balaban J connectivity index is 1.48. The van der Waals surface area contributed by atoms with Crippen LogP contribution in [0.25, 0.3) is 10.9 Å². The van der Waals surface area contributed by atoms with Gasteiger partial charge in [0.1, 0.15) is 5.69 Å². The molecule has 0 saturated heterocycles. The number of carbonyl (C=O) groups is 1. The zero-order valence-corrected chi connectivity index (χ0v) is 18.5. The van der Waals surface area contributed by atoms with Crippen LogP contribution in [0.2, 0.25) is 0 Å². The minimum atomic E-state index is -5.12. The molecule has 12 heteroatoms. The molecule has 1 aromatic heterocycles. The number of halogens is 7. The quantitative estimate of drug-likeness (QED) is 0.384. The molecule has 5 nitrogen and oxygen atoms in total. The van der Waals surface area contributed by atoms with E-state index in [1.165, 1.54) is 6.07 Å². The molecular weight excluding hydrogens is 495 g/mol. The van der Waals surface area contributed by atoms with Crippen molar-refractivity contribution in [2.24, 2.45) is 0 Å². The number of aromatic nitrogens is 1. The van der Waals surface area contributed by atoms with Crippen molar-refractivity contribution >= 4 is 22.5 Å². The number of hydrogen-bond acceptors (Lipinski definition) is 4. The maximum Gasteiger partial charge on any atom is 0.573 e. The molecule has 1 heterocycles. The number of nitrogens with zero attached hydrogens (tertiary/aromatic N) is 1. The van der Waals surface area contributed by atoms with Crippen LogP contribution in [-0.2, 0) is 6.18 Å². The molecule has 0 aliphatic heterocycles. The number of nitrogens with one attached hydrogen (secondary N) is 2. The van der Waals surface area contributed by atoms with Crippen LogP contribution < -0.4 is 15.4 Å². The summed E-state index contributed by atoms with van der Waals surface area (Å²) in [7, 11) is 0. The van der Waals surface area contributed by atoms with E-state index in [2.05, 4.69) is 20.4 Å². The third-order valence-corrected chi connectivity index (χ3v) is 5.79. The summed E-state index contributed by atoms with van der Waals surface area (Å²) in [6, 6.07) is 9.08. The van der Waals surface area contributed by atoms with Crippen LogP contribution in [0.4, 0.5) is 36.4 Å². The van der Waals surface area contributed by atoms with E-state index in [-0.39, 0.29) is 22.8 Å². The summed E-state index contributed by atoms with van der Waals surface area (Å²) in [5.41, 5.74) is -0.806. The monoisotopic (exact) mass is 515 g/mol. The third kappa shape index (κ3) is 6.16. The number of rotatable bonds is 5. The van der Waals surface area contributed by atoms with Crippen molar-refractivity contribution in [3.63, 3.8) is 0 Å². The zero-order chi connectivity index (χ0) is 26.1. The predicted molar refractivity (Wildman–Crippen MR) is 117 cm³/mol. The number of para-hydroxylation sites is 1. The molecule has 0 radical (unpaired) electrons. The third-order valence-electron chi connectivity index (χ3n) is 5.79. The smallest absolute Gasteiger partial charge is 0.403 e. The van der Waals surface area contributed by atoms with Gasteiger partial charge >= 0.3 is 12.5 Å². The lowest BCUT2D eigenvalue weighted by atomic mass is 9.90. The molecule has 0 unspecified atom stereocenters. The summed E-state index contributed by atoms with van der Waals surface area (Å²) in [6.45, 7) is 0. The molecule has 1 amide bonds. The standard InChI is InChI=1S/C24H20F7N3O2/c25-17-9-8-13(10-20(17)36-24(29,30)31)22(35)33-15-5-3-4-14(11-15)32-19-12-21(23(26,27)28)34-18-7-2-1-6-16(18)19/h1-2,6-10,12,14-15H,3-5,11H2,(H,32,34)(H,33,35)/t14-,15+/m0/s1. The average Bonchev–Trinajstić information content (AvgIpc) is 2.79.